The number of aliphatic carboxylic acids is 1. The monoisotopic (exact) mass is 501 g/mol. The van der Waals surface area contributed by atoms with Gasteiger partial charge in [-0.05, 0) is 54.2 Å². The average molecular weight is 502 g/mol. The highest BCUT2D eigenvalue weighted by Crippen LogP contribution is 2.48. The molecule has 1 fully saturated rings. The van der Waals surface area contributed by atoms with Crippen LogP contribution in [0.4, 0.5) is 10.6 Å². The highest BCUT2D eigenvalue weighted by molar-refractivity contribution is 6.33. The summed E-state index contributed by atoms with van der Waals surface area (Å²) >= 11 is 6.30. The molecular weight excluding hydrogens is 478 g/mol. The first kappa shape index (κ1) is 23.6. The van der Waals surface area contributed by atoms with Crippen LogP contribution in [0.15, 0.2) is 85.1 Å². The summed E-state index contributed by atoms with van der Waals surface area (Å²) in [4.78, 5) is 24.1. The fourth-order valence-electron chi connectivity index (χ4n) is 4.24. The molecule has 5 rings (SSSR count). The number of nitrogens with one attached hydrogen (secondary N) is 1. The molecule has 1 atom stereocenters. The molecule has 0 spiro atoms. The summed E-state index contributed by atoms with van der Waals surface area (Å²) < 4.78 is 7.03. The first-order valence-corrected chi connectivity index (χ1v) is 12.0. The van der Waals surface area contributed by atoms with Crippen molar-refractivity contribution < 1.29 is 19.4 Å². The first-order chi connectivity index (χ1) is 17.4. The van der Waals surface area contributed by atoms with Gasteiger partial charge < -0.3 is 9.84 Å². The first-order valence-electron chi connectivity index (χ1n) is 11.6. The van der Waals surface area contributed by atoms with E-state index in [2.05, 4.69) is 10.4 Å². The van der Waals surface area contributed by atoms with Gasteiger partial charge in [0, 0.05) is 0 Å². The number of amides is 1. The van der Waals surface area contributed by atoms with E-state index in [9.17, 15) is 14.7 Å². The Kier molecular flexibility index (Phi) is 6.24. The molecular formula is C28H24ClN3O4. The molecule has 1 aliphatic carbocycles. The lowest BCUT2D eigenvalue weighted by molar-refractivity contribution is -0.140. The molecule has 3 aromatic carbocycles. The molecule has 0 saturated heterocycles. The van der Waals surface area contributed by atoms with Crippen LogP contribution in [-0.4, -0.2) is 26.9 Å². The highest BCUT2D eigenvalue weighted by Gasteiger charge is 2.51. The van der Waals surface area contributed by atoms with E-state index in [-0.39, 0.29) is 5.02 Å². The number of carbonyl (C=O) groups is 2. The summed E-state index contributed by atoms with van der Waals surface area (Å²) in [7, 11) is 0. The van der Waals surface area contributed by atoms with Crippen LogP contribution in [0.25, 0.3) is 16.8 Å². The largest absolute Gasteiger partial charge is 0.481 e. The summed E-state index contributed by atoms with van der Waals surface area (Å²) in [5, 5.41) is 16.8. The van der Waals surface area contributed by atoms with Gasteiger partial charge in [-0.1, -0.05) is 78.3 Å². The number of carbonyl (C=O) groups excluding carboxylic acids is 1. The molecule has 0 aliphatic heterocycles. The molecule has 0 bridgehead atoms. The molecule has 4 aromatic rings. The molecule has 0 radical (unpaired) electrons. The lowest BCUT2D eigenvalue weighted by Crippen LogP contribution is -2.19. The normalized spacial score (nSPS) is 14.6. The number of ether oxygens (including phenoxy) is 1. The Hall–Kier alpha value is -4.10. The molecule has 2 N–H and O–H groups in total. The van der Waals surface area contributed by atoms with Gasteiger partial charge in [0.1, 0.15) is 11.1 Å². The van der Waals surface area contributed by atoms with Crippen molar-refractivity contribution in [3.63, 3.8) is 0 Å². The number of anilines is 1. The summed E-state index contributed by atoms with van der Waals surface area (Å²) in [5.41, 5.74) is 3.65. The Morgan fingerprint density at radius 3 is 2.19 bits per heavy atom. The van der Waals surface area contributed by atoms with Gasteiger partial charge >= 0.3 is 12.1 Å². The third-order valence-electron chi connectivity index (χ3n) is 6.54. The zero-order chi connectivity index (χ0) is 25.3. The molecule has 1 saturated carbocycles. The molecule has 1 aromatic heterocycles. The maximum absolute atomic E-state index is 12.5. The number of hydrogen-bond acceptors (Lipinski definition) is 4. The summed E-state index contributed by atoms with van der Waals surface area (Å²) in [5.74, 6) is -0.456. The van der Waals surface area contributed by atoms with Crippen molar-refractivity contribution in [1.29, 1.82) is 0 Å². The van der Waals surface area contributed by atoms with E-state index >= 15 is 0 Å². The third-order valence-corrected chi connectivity index (χ3v) is 6.82. The zero-order valence-electron chi connectivity index (χ0n) is 19.5. The number of carboxylic acids is 1. The molecule has 0 unspecified atom stereocenters. The lowest BCUT2D eigenvalue weighted by atomic mass is 9.94. The molecule has 1 heterocycles. The van der Waals surface area contributed by atoms with Gasteiger partial charge in [0.05, 0.1) is 17.3 Å². The van der Waals surface area contributed by atoms with Gasteiger partial charge in [-0.2, -0.15) is 5.10 Å². The van der Waals surface area contributed by atoms with Crippen LogP contribution in [0.5, 0.6) is 0 Å². The predicted molar refractivity (Wildman–Crippen MR) is 138 cm³/mol. The van der Waals surface area contributed by atoms with E-state index in [0.717, 1.165) is 22.3 Å². The van der Waals surface area contributed by atoms with Crippen molar-refractivity contribution >= 4 is 29.5 Å². The molecule has 1 aliphatic rings. The van der Waals surface area contributed by atoms with E-state index in [1.54, 1.807) is 6.92 Å². The van der Waals surface area contributed by atoms with Crippen molar-refractivity contribution in [2.45, 2.75) is 31.3 Å². The maximum Gasteiger partial charge on any atom is 0.413 e. The molecule has 182 valence electrons. The number of halogens is 1. The van der Waals surface area contributed by atoms with Crippen molar-refractivity contribution in [3.05, 3.63) is 101 Å². The zero-order valence-corrected chi connectivity index (χ0v) is 20.3. The van der Waals surface area contributed by atoms with Crippen LogP contribution in [0.2, 0.25) is 5.02 Å². The van der Waals surface area contributed by atoms with Gasteiger partial charge in [0.25, 0.3) is 0 Å². The predicted octanol–water partition coefficient (Wildman–Crippen LogP) is 6.62. The Bertz CT molecular complexity index is 1400. The van der Waals surface area contributed by atoms with Crippen LogP contribution in [0.1, 0.15) is 37.0 Å². The second-order valence-corrected chi connectivity index (χ2v) is 9.25. The average Bonchev–Trinajstić information content (AvgIpc) is 3.64. The standard InChI is InChI=1S/C28H24ClN3O4/c1-18(19-5-3-2-4-6-19)36-27(35)31-25-24(29)17-30-32(25)23-13-9-21(10-14-23)20-7-11-22(12-8-20)28(15-16-28)26(33)34/h2-14,17-18H,15-16H2,1H3,(H,31,35)(H,33,34)/t18-/m1/s1. The van der Waals surface area contributed by atoms with Gasteiger partial charge in [-0.3, -0.25) is 10.1 Å². The number of rotatable bonds is 7. The van der Waals surface area contributed by atoms with Crippen LogP contribution in [0, 0.1) is 0 Å². The van der Waals surface area contributed by atoms with Gasteiger partial charge in [0.2, 0.25) is 0 Å². The summed E-state index contributed by atoms with van der Waals surface area (Å²) in [6.45, 7) is 1.80. The fraction of sp³-hybridized carbons (Fsp3) is 0.179. The Labute approximate surface area is 213 Å². The number of aromatic nitrogens is 2. The van der Waals surface area contributed by atoms with E-state index in [4.69, 9.17) is 16.3 Å². The molecule has 7 nitrogen and oxygen atoms in total. The molecule has 8 heteroatoms. The van der Waals surface area contributed by atoms with E-state index in [1.165, 1.54) is 10.9 Å². The quantitative estimate of drug-likeness (QED) is 0.297. The fourth-order valence-corrected chi connectivity index (χ4v) is 4.41. The third kappa shape index (κ3) is 4.57. The Morgan fingerprint density at radius 2 is 1.61 bits per heavy atom. The summed E-state index contributed by atoms with van der Waals surface area (Å²) in [6, 6.07) is 24.7. The smallest absolute Gasteiger partial charge is 0.413 e. The second kappa shape index (κ2) is 9.51. The number of hydrogen-bond donors (Lipinski definition) is 2. The van der Waals surface area contributed by atoms with Gasteiger partial charge in [-0.15, -0.1) is 0 Å². The SMILES string of the molecule is C[C@@H](OC(=O)Nc1c(Cl)cnn1-c1ccc(-c2ccc(C3(C(=O)O)CC3)cc2)cc1)c1ccccc1. The van der Waals surface area contributed by atoms with E-state index in [1.807, 2.05) is 78.9 Å². The lowest BCUT2D eigenvalue weighted by Gasteiger charge is -2.15. The number of benzene rings is 3. The van der Waals surface area contributed by atoms with Crippen LogP contribution in [0.3, 0.4) is 0 Å². The van der Waals surface area contributed by atoms with Gasteiger partial charge in [-0.25, -0.2) is 9.48 Å². The minimum absolute atomic E-state index is 0.284. The Balaban J connectivity index is 1.30. The van der Waals surface area contributed by atoms with Crippen molar-refractivity contribution in [2.24, 2.45) is 0 Å². The second-order valence-electron chi connectivity index (χ2n) is 8.85. The van der Waals surface area contributed by atoms with Crippen LogP contribution >= 0.6 is 11.6 Å². The topological polar surface area (TPSA) is 93.5 Å². The van der Waals surface area contributed by atoms with Gasteiger partial charge in [0.15, 0.2) is 5.82 Å². The van der Waals surface area contributed by atoms with Crippen LogP contribution < -0.4 is 5.32 Å². The summed E-state index contributed by atoms with van der Waals surface area (Å²) in [6.07, 6.45) is 1.75. The highest BCUT2D eigenvalue weighted by atomic mass is 35.5. The van der Waals surface area contributed by atoms with Crippen molar-refractivity contribution in [1.82, 2.24) is 9.78 Å². The number of nitrogens with zero attached hydrogens (tertiary/aromatic N) is 2. The Morgan fingerprint density at radius 1 is 1.00 bits per heavy atom. The minimum Gasteiger partial charge on any atom is -0.481 e. The van der Waals surface area contributed by atoms with Crippen molar-refractivity contribution in [2.75, 3.05) is 5.32 Å². The van der Waals surface area contributed by atoms with E-state index in [0.29, 0.717) is 24.3 Å². The van der Waals surface area contributed by atoms with E-state index < -0.39 is 23.6 Å². The molecule has 36 heavy (non-hydrogen) atoms. The maximum atomic E-state index is 12.5. The number of carboxylic acid groups (broad SMARTS) is 1. The molecule has 1 amide bonds. The minimum atomic E-state index is -0.764. The van der Waals surface area contributed by atoms with Crippen molar-refractivity contribution in [3.8, 4) is 16.8 Å². The van der Waals surface area contributed by atoms with Crippen LogP contribution in [-0.2, 0) is 14.9 Å².